The highest BCUT2D eigenvalue weighted by atomic mass is 32.2. The van der Waals surface area contributed by atoms with Crippen molar-refractivity contribution in [3.05, 3.63) is 36.3 Å². The highest BCUT2D eigenvalue weighted by Gasteiger charge is 2.14. The number of hydrogen-bond acceptors (Lipinski definition) is 3. The number of hydrogen-bond donors (Lipinski definition) is 0. The van der Waals surface area contributed by atoms with E-state index >= 15 is 0 Å². The van der Waals surface area contributed by atoms with Crippen LogP contribution in [0.5, 0.6) is 0 Å². The Hall–Kier alpha value is -1.36. The van der Waals surface area contributed by atoms with Crippen LogP contribution in [-0.2, 0) is 16.6 Å². The van der Waals surface area contributed by atoms with Gasteiger partial charge in [-0.05, 0) is 26.8 Å². The van der Waals surface area contributed by atoms with Gasteiger partial charge in [0.15, 0.2) is 0 Å². The van der Waals surface area contributed by atoms with Crippen molar-refractivity contribution in [3.63, 3.8) is 0 Å². The van der Waals surface area contributed by atoms with Gasteiger partial charge in [0, 0.05) is 18.4 Å². The molecule has 5 heteroatoms. The van der Waals surface area contributed by atoms with E-state index in [4.69, 9.17) is 4.42 Å². The Morgan fingerprint density at radius 1 is 1.53 bits per heavy atom. The van der Waals surface area contributed by atoms with Crippen LogP contribution in [0.3, 0.4) is 0 Å². The summed E-state index contributed by atoms with van der Waals surface area (Å²) in [5, 5.41) is 0. The number of aromatic nitrogens is 2. The first kappa shape index (κ1) is 12.1. The van der Waals surface area contributed by atoms with E-state index in [0.29, 0.717) is 17.6 Å². The predicted molar refractivity (Wildman–Crippen MR) is 66.2 cm³/mol. The second-order valence-corrected chi connectivity index (χ2v) is 5.59. The number of furan rings is 1. The highest BCUT2D eigenvalue weighted by Crippen LogP contribution is 2.18. The summed E-state index contributed by atoms with van der Waals surface area (Å²) in [6.07, 6.45) is 5.23. The van der Waals surface area contributed by atoms with Crippen LogP contribution in [0.1, 0.15) is 31.5 Å². The molecule has 0 aromatic carbocycles. The van der Waals surface area contributed by atoms with Crippen molar-refractivity contribution >= 4 is 10.8 Å². The number of aryl methyl sites for hydroxylation is 1. The fraction of sp³-hybridized carbons (Fsp3) is 0.417. The van der Waals surface area contributed by atoms with E-state index in [0.717, 1.165) is 10.7 Å². The molecule has 0 unspecified atom stereocenters. The zero-order valence-corrected chi connectivity index (χ0v) is 11.0. The molecule has 1 atom stereocenters. The molecule has 0 amide bonds. The SMILES string of the molecule is Cc1occc1[S@@](=O)Cc1nccn1C(C)C. The van der Waals surface area contributed by atoms with Crippen LogP contribution >= 0.6 is 0 Å². The molecule has 0 N–H and O–H groups in total. The maximum atomic E-state index is 12.2. The summed E-state index contributed by atoms with van der Waals surface area (Å²) in [6, 6.07) is 2.09. The van der Waals surface area contributed by atoms with Gasteiger partial charge in [-0.2, -0.15) is 0 Å². The molecule has 0 aliphatic rings. The molecule has 0 bridgehead atoms. The third kappa shape index (κ3) is 2.49. The van der Waals surface area contributed by atoms with Crippen LogP contribution in [0, 0.1) is 6.92 Å². The minimum Gasteiger partial charge on any atom is -0.468 e. The van der Waals surface area contributed by atoms with E-state index in [1.54, 1.807) is 18.5 Å². The van der Waals surface area contributed by atoms with Gasteiger partial charge in [0.25, 0.3) is 0 Å². The van der Waals surface area contributed by atoms with E-state index < -0.39 is 10.8 Å². The average Bonchev–Trinajstić information content (AvgIpc) is 2.86. The van der Waals surface area contributed by atoms with Crippen molar-refractivity contribution in [1.82, 2.24) is 9.55 Å². The molecule has 2 aromatic heterocycles. The molecule has 0 saturated carbocycles. The van der Waals surface area contributed by atoms with Gasteiger partial charge in [-0.1, -0.05) is 0 Å². The van der Waals surface area contributed by atoms with E-state index in [2.05, 4.69) is 18.8 Å². The van der Waals surface area contributed by atoms with Crippen molar-refractivity contribution in [1.29, 1.82) is 0 Å². The van der Waals surface area contributed by atoms with Crippen molar-refractivity contribution in [2.75, 3.05) is 0 Å². The maximum absolute atomic E-state index is 12.2. The van der Waals surface area contributed by atoms with E-state index in [1.807, 2.05) is 17.7 Å². The first-order valence-electron chi connectivity index (χ1n) is 5.53. The Morgan fingerprint density at radius 2 is 2.29 bits per heavy atom. The lowest BCUT2D eigenvalue weighted by Crippen LogP contribution is -2.08. The molecule has 0 fully saturated rings. The number of nitrogens with zero attached hydrogens (tertiary/aromatic N) is 2. The Bertz CT molecular complexity index is 528. The van der Waals surface area contributed by atoms with Gasteiger partial charge in [-0.15, -0.1) is 0 Å². The Morgan fingerprint density at radius 3 is 2.88 bits per heavy atom. The summed E-state index contributed by atoms with van der Waals surface area (Å²) < 4.78 is 19.4. The molecule has 92 valence electrons. The lowest BCUT2D eigenvalue weighted by atomic mass is 10.4. The van der Waals surface area contributed by atoms with E-state index in [-0.39, 0.29) is 0 Å². The second kappa shape index (κ2) is 4.87. The fourth-order valence-electron chi connectivity index (χ4n) is 1.73. The standard InChI is InChI=1S/C12H16N2O2S/c1-9(2)14-6-5-13-12(14)8-17(15)11-4-7-16-10(11)3/h4-7,9H,8H2,1-3H3/t17-/m0/s1. The van der Waals surface area contributed by atoms with Crippen molar-refractivity contribution in [2.24, 2.45) is 0 Å². The highest BCUT2D eigenvalue weighted by molar-refractivity contribution is 7.84. The van der Waals surface area contributed by atoms with Gasteiger partial charge in [0.05, 0.1) is 27.7 Å². The van der Waals surface area contributed by atoms with Gasteiger partial charge in [-0.25, -0.2) is 4.98 Å². The van der Waals surface area contributed by atoms with Gasteiger partial charge in [0.2, 0.25) is 0 Å². The molecular formula is C12H16N2O2S. The Labute approximate surface area is 103 Å². The molecule has 2 heterocycles. The van der Waals surface area contributed by atoms with Crippen molar-refractivity contribution in [3.8, 4) is 0 Å². The van der Waals surface area contributed by atoms with Crippen LogP contribution in [0.15, 0.2) is 34.0 Å². The van der Waals surface area contributed by atoms with Gasteiger partial charge in [-0.3, -0.25) is 4.21 Å². The minimum atomic E-state index is -1.10. The Kier molecular flexibility index (Phi) is 3.47. The van der Waals surface area contributed by atoms with Crippen LogP contribution < -0.4 is 0 Å². The first-order chi connectivity index (χ1) is 8.09. The third-order valence-electron chi connectivity index (χ3n) is 2.62. The van der Waals surface area contributed by atoms with Gasteiger partial charge < -0.3 is 8.98 Å². The summed E-state index contributed by atoms with van der Waals surface area (Å²) in [6.45, 7) is 5.98. The van der Waals surface area contributed by atoms with Gasteiger partial charge >= 0.3 is 0 Å². The smallest absolute Gasteiger partial charge is 0.121 e. The minimum absolute atomic E-state index is 0.329. The number of imidazole rings is 1. The third-order valence-corrected chi connectivity index (χ3v) is 4.06. The lowest BCUT2D eigenvalue weighted by Gasteiger charge is -2.10. The normalized spacial score (nSPS) is 13.2. The summed E-state index contributed by atoms with van der Waals surface area (Å²) >= 11 is 0. The summed E-state index contributed by atoms with van der Waals surface area (Å²) in [5.74, 6) is 1.98. The molecule has 2 aromatic rings. The average molecular weight is 252 g/mol. The fourth-order valence-corrected chi connectivity index (χ4v) is 2.92. The molecule has 0 aliphatic heterocycles. The van der Waals surface area contributed by atoms with E-state index in [9.17, 15) is 4.21 Å². The van der Waals surface area contributed by atoms with Gasteiger partial charge in [0.1, 0.15) is 11.6 Å². The zero-order chi connectivity index (χ0) is 12.4. The lowest BCUT2D eigenvalue weighted by molar-refractivity contribution is 0.525. The predicted octanol–water partition coefficient (Wildman–Crippen LogP) is 2.67. The molecule has 2 rings (SSSR count). The van der Waals surface area contributed by atoms with Crippen molar-refractivity contribution in [2.45, 2.75) is 37.5 Å². The molecule has 0 radical (unpaired) electrons. The monoisotopic (exact) mass is 252 g/mol. The topological polar surface area (TPSA) is 48.0 Å². The quantitative estimate of drug-likeness (QED) is 0.840. The second-order valence-electron chi connectivity index (χ2n) is 4.18. The van der Waals surface area contributed by atoms with Crippen LogP contribution in [0.4, 0.5) is 0 Å². The zero-order valence-electron chi connectivity index (χ0n) is 10.2. The van der Waals surface area contributed by atoms with Crippen LogP contribution in [-0.4, -0.2) is 13.8 Å². The molecule has 4 nitrogen and oxygen atoms in total. The van der Waals surface area contributed by atoms with E-state index in [1.165, 1.54) is 0 Å². The summed E-state index contributed by atoms with van der Waals surface area (Å²) in [7, 11) is -1.10. The summed E-state index contributed by atoms with van der Waals surface area (Å²) in [4.78, 5) is 5.01. The van der Waals surface area contributed by atoms with Crippen LogP contribution in [0.2, 0.25) is 0 Å². The van der Waals surface area contributed by atoms with Crippen molar-refractivity contribution < 1.29 is 8.63 Å². The molecule has 0 saturated heterocycles. The molecule has 0 aliphatic carbocycles. The largest absolute Gasteiger partial charge is 0.468 e. The summed E-state index contributed by atoms with van der Waals surface area (Å²) in [5.41, 5.74) is 0. The molecule has 17 heavy (non-hydrogen) atoms. The number of rotatable bonds is 4. The molecule has 0 spiro atoms. The first-order valence-corrected chi connectivity index (χ1v) is 6.85. The van der Waals surface area contributed by atoms with Crippen LogP contribution in [0.25, 0.3) is 0 Å². The maximum Gasteiger partial charge on any atom is 0.121 e. The Balaban J connectivity index is 2.19. The molecular weight excluding hydrogens is 236 g/mol.